The molecule has 1 aliphatic rings. The fraction of sp³-hybridized carbons (Fsp3) is 0.636. The second-order valence-electron chi connectivity index (χ2n) is 4.34. The first kappa shape index (κ1) is 11.1. The summed E-state index contributed by atoms with van der Waals surface area (Å²) in [5, 5.41) is 5.83. The molecule has 0 radical (unpaired) electrons. The van der Waals surface area contributed by atoms with Crippen molar-refractivity contribution in [1.82, 2.24) is 9.97 Å². The molecule has 1 aliphatic carbocycles. The van der Waals surface area contributed by atoms with E-state index in [2.05, 4.69) is 27.5 Å². The Kier molecular flexibility index (Phi) is 3.22. The lowest BCUT2D eigenvalue weighted by atomic mass is 10.1. The van der Waals surface area contributed by atoms with E-state index in [4.69, 9.17) is 0 Å². The highest BCUT2D eigenvalue weighted by molar-refractivity contribution is 5.40. The van der Waals surface area contributed by atoms with Gasteiger partial charge in [-0.3, -0.25) is 0 Å². The summed E-state index contributed by atoms with van der Waals surface area (Å²) in [7, 11) is 1.71. The van der Waals surface area contributed by atoms with Crippen molar-refractivity contribution in [3.8, 4) is 0 Å². The molecule has 1 saturated carbocycles. The quantitative estimate of drug-likeness (QED) is 0.804. The van der Waals surface area contributed by atoms with Crippen LogP contribution in [0.5, 0.6) is 0 Å². The van der Waals surface area contributed by atoms with E-state index in [0.717, 1.165) is 12.5 Å². The zero-order valence-corrected chi connectivity index (χ0v) is 9.63. The smallest absolute Gasteiger partial charge is 0.224 e. The van der Waals surface area contributed by atoms with Crippen molar-refractivity contribution >= 4 is 11.8 Å². The number of aromatic nitrogens is 2. The number of hydrogen-bond donors (Lipinski definition) is 2. The van der Waals surface area contributed by atoms with Gasteiger partial charge in [-0.1, -0.05) is 6.92 Å². The van der Waals surface area contributed by atoms with Gasteiger partial charge in [0, 0.05) is 13.6 Å². The fourth-order valence-electron chi connectivity index (χ4n) is 1.70. The van der Waals surface area contributed by atoms with Crippen molar-refractivity contribution in [2.75, 3.05) is 24.2 Å². The molecule has 1 atom stereocenters. The van der Waals surface area contributed by atoms with Crippen LogP contribution < -0.4 is 10.6 Å². The van der Waals surface area contributed by atoms with Crippen LogP contribution in [0.2, 0.25) is 0 Å². The summed E-state index contributed by atoms with van der Waals surface area (Å²) in [5.41, 5.74) is 0. The van der Waals surface area contributed by atoms with Crippen molar-refractivity contribution in [2.45, 2.75) is 19.8 Å². The van der Waals surface area contributed by atoms with Gasteiger partial charge in [-0.15, -0.1) is 0 Å². The third-order valence-corrected chi connectivity index (χ3v) is 2.99. The number of rotatable bonds is 5. The van der Waals surface area contributed by atoms with Gasteiger partial charge in [0.2, 0.25) is 5.95 Å². The van der Waals surface area contributed by atoms with Gasteiger partial charge in [0.05, 0.1) is 6.20 Å². The molecule has 1 fully saturated rings. The number of nitrogens with one attached hydrogen (secondary N) is 2. The zero-order chi connectivity index (χ0) is 11.5. The Labute approximate surface area is 94.7 Å². The summed E-state index contributed by atoms with van der Waals surface area (Å²) in [5.74, 6) is 1.70. The number of anilines is 2. The molecule has 0 aromatic carbocycles. The van der Waals surface area contributed by atoms with E-state index in [1.54, 1.807) is 7.05 Å². The van der Waals surface area contributed by atoms with Crippen molar-refractivity contribution in [3.63, 3.8) is 0 Å². The highest BCUT2D eigenvalue weighted by Gasteiger charge is 2.27. The monoisotopic (exact) mass is 224 g/mol. The van der Waals surface area contributed by atoms with Gasteiger partial charge in [0.25, 0.3) is 0 Å². The Bertz CT molecular complexity index is 365. The molecule has 1 aromatic rings. The van der Waals surface area contributed by atoms with Crippen LogP contribution in [0.3, 0.4) is 0 Å². The number of hydrogen-bond acceptors (Lipinski definition) is 4. The van der Waals surface area contributed by atoms with Crippen LogP contribution in [0, 0.1) is 17.7 Å². The summed E-state index contributed by atoms with van der Waals surface area (Å²) in [6.45, 7) is 2.95. The molecule has 1 heterocycles. The lowest BCUT2D eigenvalue weighted by Crippen LogP contribution is -2.15. The molecule has 16 heavy (non-hydrogen) atoms. The predicted molar refractivity (Wildman–Crippen MR) is 61.9 cm³/mol. The largest absolute Gasteiger partial charge is 0.367 e. The maximum atomic E-state index is 13.4. The molecular weight excluding hydrogens is 207 g/mol. The summed E-state index contributed by atoms with van der Waals surface area (Å²) in [4.78, 5) is 7.83. The first-order chi connectivity index (χ1) is 7.70. The van der Waals surface area contributed by atoms with Gasteiger partial charge in [-0.2, -0.15) is 4.98 Å². The minimum atomic E-state index is -0.401. The van der Waals surface area contributed by atoms with Gasteiger partial charge < -0.3 is 10.6 Å². The Morgan fingerprint density at radius 1 is 1.56 bits per heavy atom. The normalized spacial score (nSPS) is 16.9. The van der Waals surface area contributed by atoms with Crippen molar-refractivity contribution in [2.24, 2.45) is 11.8 Å². The molecule has 0 saturated heterocycles. The van der Waals surface area contributed by atoms with Gasteiger partial charge in [-0.25, -0.2) is 9.37 Å². The van der Waals surface area contributed by atoms with E-state index in [1.165, 1.54) is 19.0 Å². The molecular formula is C11H17FN4. The average Bonchev–Trinajstić information content (AvgIpc) is 3.11. The lowest BCUT2D eigenvalue weighted by Gasteiger charge is -2.12. The molecule has 2 rings (SSSR count). The van der Waals surface area contributed by atoms with Crippen LogP contribution in [0.4, 0.5) is 16.2 Å². The van der Waals surface area contributed by atoms with Gasteiger partial charge in [0.1, 0.15) is 0 Å². The highest BCUT2D eigenvalue weighted by Crippen LogP contribution is 2.36. The third kappa shape index (κ3) is 2.59. The zero-order valence-electron chi connectivity index (χ0n) is 9.63. The molecule has 0 bridgehead atoms. The van der Waals surface area contributed by atoms with E-state index in [9.17, 15) is 4.39 Å². The van der Waals surface area contributed by atoms with Crippen LogP contribution in [0.25, 0.3) is 0 Å². The van der Waals surface area contributed by atoms with Gasteiger partial charge >= 0.3 is 0 Å². The maximum Gasteiger partial charge on any atom is 0.224 e. The van der Waals surface area contributed by atoms with Gasteiger partial charge in [0.15, 0.2) is 11.6 Å². The fourth-order valence-corrected chi connectivity index (χ4v) is 1.70. The molecule has 2 N–H and O–H groups in total. The molecule has 4 nitrogen and oxygen atoms in total. The van der Waals surface area contributed by atoms with Crippen molar-refractivity contribution in [1.29, 1.82) is 0 Å². The van der Waals surface area contributed by atoms with Crippen LogP contribution in [-0.4, -0.2) is 23.6 Å². The van der Waals surface area contributed by atoms with Crippen LogP contribution in [-0.2, 0) is 0 Å². The topological polar surface area (TPSA) is 49.8 Å². The minimum Gasteiger partial charge on any atom is -0.367 e. The molecule has 0 amide bonds. The van der Waals surface area contributed by atoms with E-state index >= 15 is 0 Å². The highest BCUT2D eigenvalue weighted by atomic mass is 19.1. The Balaban J connectivity index is 1.96. The Morgan fingerprint density at radius 2 is 2.31 bits per heavy atom. The van der Waals surface area contributed by atoms with Crippen LogP contribution in [0.1, 0.15) is 19.8 Å². The number of nitrogens with zero attached hydrogens (tertiary/aromatic N) is 2. The summed E-state index contributed by atoms with van der Waals surface area (Å²) in [6.07, 6.45) is 3.79. The lowest BCUT2D eigenvalue weighted by molar-refractivity contribution is 0.532. The van der Waals surface area contributed by atoms with E-state index < -0.39 is 5.82 Å². The predicted octanol–water partition coefficient (Wildman–Crippen LogP) is 2.12. The molecule has 1 aromatic heterocycles. The maximum absolute atomic E-state index is 13.4. The van der Waals surface area contributed by atoms with E-state index in [1.807, 2.05) is 0 Å². The molecule has 0 aliphatic heterocycles. The van der Waals surface area contributed by atoms with Crippen LogP contribution >= 0.6 is 0 Å². The first-order valence-electron chi connectivity index (χ1n) is 5.65. The summed E-state index contributed by atoms with van der Waals surface area (Å²) >= 11 is 0. The Hall–Kier alpha value is -1.39. The summed E-state index contributed by atoms with van der Waals surface area (Å²) in [6, 6.07) is 0. The van der Waals surface area contributed by atoms with Crippen LogP contribution in [0.15, 0.2) is 6.20 Å². The van der Waals surface area contributed by atoms with E-state index in [0.29, 0.717) is 11.9 Å². The second kappa shape index (κ2) is 4.63. The van der Waals surface area contributed by atoms with Crippen molar-refractivity contribution in [3.05, 3.63) is 12.0 Å². The molecule has 88 valence electrons. The Morgan fingerprint density at radius 3 is 2.94 bits per heavy atom. The van der Waals surface area contributed by atoms with E-state index in [-0.39, 0.29) is 5.82 Å². The SMILES string of the molecule is CNc1ncc(F)c(NCC(C)C2CC2)n1. The first-order valence-corrected chi connectivity index (χ1v) is 5.65. The van der Waals surface area contributed by atoms with Gasteiger partial charge in [-0.05, 0) is 24.7 Å². The second-order valence-corrected chi connectivity index (χ2v) is 4.34. The minimum absolute atomic E-state index is 0.284. The number of halogens is 1. The third-order valence-electron chi connectivity index (χ3n) is 2.99. The molecule has 1 unspecified atom stereocenters. The molecule has 0 spiro atoms. The van der Waals surface area contributed by atoms with Crippen molar-refractivity contribution < 1.29 is 4.39 Å². The average molecular weight is 224 g/mol. The standard InChI is InChI=1S/C11H17FN4/c1-7(8-3-4-8)5-14-10-9(12)6-15-11(13-2)16-10/h6-8H,3-5H2,1-2H3,(H2,13,14,15,16). The molecule has 5 heteroatoms. The summed E-state index contributed by atoms with van der Waals surface area (Å²) < 4.78 is 13.4.